The fraction of sp³-hybridized carbons (Fsp3) is 0.600. The van der Waals surface area contributed by atoms with Crippen LogP contribution in [0.3, 0.4) is 0 Å². The monoisotopic (exact) mass is 464 g/mol. The molecule has 4 nitrogen and oxygen atoms in total. The van der Waals surface area contributed by atoms with Crippen LogP contribution in [0.1, 0.15) is 71.1 Å². The number of rotatable bonds is 9. The van der Waals surface area contributed by atoms with E-state index in [1.54, 1.807) is 6.92 Å². The van der Waals surface area contributed by atoms with Gasteiger partial charge in [-0.2, -0.15) is 0 Å². The van der Waals surface area contributed by atoms with Crippen molar-refractivity contribution in [2.24, 2.45) is 35.5 Å². The molecule has 4 aliphatic carbocycles. The van der Waals surface area contributed by atoms with E-state index >= 15 is 0 Å². The molecule has 0 radical (unpaired) electrons. The second kappa shape index (κ2) is 11.5. The molecule has 0 heterocycles. The highest BCUT2D eigenvalue weighted by molar-refractivity contribution is 5.81. The van der Waals surface area contributed by atoms with Crippen molar-refractivity contribution in [1.82, 2.24) is 0 Å². The van der Waals surface area contributed by atoms with Gasteiger partial charge < -0.3 is 10.2 Å². The maximum atomic E-state index is 13.3. The number of hydrogen-bond donors (Lipinski definition) is 2. The third-order valence-corrected chi connectivity index (χ3v) is 8.33. The molecule has 7 atom stereocenters. The summed E-state index contributed by atoms with van der Waals surface area (Å²) in [4.78, 5) is 25.3. The lowest BCUT2D eigenvalue weighted by Crippen LogP contribution is -2.31. The Morgan fingerprint density at radius 2 is 1.68 bits per heavy atom. The van der Waals surface area contributed by atoms with Gasteiger partial charge in [0.2, 0.25) is 0 Å². The summed E-state index contributed by atoms with van der Waals surface area (Å²) >= 11 is 0. The SMILES string of the molecule is CC(=O)[C@@H]1C=CC=CC1[C@H](O)CCC[C@H]1CC2C=CC=CC2CC(CCC(O)=C2CC2)CC1=O. The lowest BCUT2D eigenvalue weighted by atomic mass is 9.70. The molecular weight excluding hydrogens is 424 g/mol. The predicted molar refractivity (Wildman–Crippen MR) is 135 cm³/mol. The topological polar surface area (TPSA) is 74.6 Å². The van der Waals surface area contributed by atoms with Crippen molar-refractivity contribution in [3.05, 3.63) is 59.9 Å². The van der Waals surface area contributed by atoms with Crippen LogP contribution in [0, 0.1) is 35.5 Å². The summed E-state index contributed by atoms with van der Waals surface area (Å²) in [5.41, 5.74) is 1.20. The molecule has 2 saturated carbocycles. The Morgan fingerprint density at radius 1 is 1.00 bits per heavy atom. The Morgan fingerprint density at radius 3 is 2.38 bits per heavy atom. The highest BCUT2D eigenvalue weighted by atomic mass is 16.3. The zero-order valence-electron chi connectivity index (χ0n) is 20.4. The Balaban J connectivity index is 1.35. The highest BCUT2D eigenvalue weighted by Gasteiger charge is 2.34. The quantitative estimate of drug-likeness (QED) is 0.399. The molecule has 0 aromatic heterocycles. The minimum Gasteiger partial charge on any atom is -0.512 e. The molecule has 184 valence electrons. The molecular formula is C30H40O4. The fourth-order valence-electron chi connectivity index (χ4n) is 6.12. The van der Waals surface area contributed by atoms with Crippen LogP contribution < -0.4 is 0 Å². The van der Waals surface area contributed by atoms with Crippen molar-refractivity contribution in [1.29, 1.82) is 0 Å². The third kappa shape index (κ3) is 6.47. The Kier molecular flexibility index (Phi) is 8.41. The van der Waals surface area contributed by atoms with Gasteiger partial charge in [-0.05, 0) is 75.2 Å². The first-order valence-corrected chi connectivity index (χ1v) is 13.2. The zero-order valence-corrected chi connectivity index (χ0v) is 20.4. The summed E-state index contributed by atoms with van der Waals surface area (Å²) in [5, 5.41) is 21.1. The standard InChI is InChI=1S/C30H40O4/c1-20(31)26-10-4-5-11-27(26)29(33)12-6-9-25-19-24-8-3-2-7-23(24)17-21(18-30(25)34)13-16-28(32)22-14-15-22/h2-5,7-8,10-11,21,23-27,29,32-33H,6,9,12-19H2,1H3/t21?,23?,24?,25-,26-,27?,29+/m0/s1. The molecule has 0 saturated heterocycles. The largest absolute Gasteiger partial charge is 0.512 e. The van der Waals surface area contributed by atoms with Gasteiger partial charge in [0.05, 0.1) is 11.9 Å². The number of aliphatic hydroxyl groups excluding tert-OH is 2. The predicted octanol–water partition coefficient (Wildman–Crippen LogP) is 6.19. The van der Waals surface area contributed by atoms with Crippen LogP contribution in [0.5, 0.6) is 0 Å². The normalized spacial score (nSPS) is 33.2. The molecule has 2 fully saturated rings. The molecule has 0 aromatic rings. The van der Waals surface area contributed by atoms with Crippen molar-refractivity contribution in [3.8, 4) is 0 Å². The number of Topliss-reactive ketones (excluding diaryl/α,β-unsaturated/α-hetero) is 2. The summed E-state index contributed by atoms with van der Waals surface area (Å²) in [5.74, 6) is 1.72. The van der Waals surface area contributed by atoms with E-state index in [-0.39, 0.29) is 23.5 Å². The summed E-state index contributed by atoms with van der Waals surface area (Å²) in [6, 6.07) is 0. The number of allylic oxidation sites excluding steroid dienone is 9. The average Bonchev–Trinajstić information content (AvgIpc) is 3.67. The van der Waals surface area contributed by atoms with E-state index in [1.807, 2.05) is 24.3 Å². The second-order valence-electron chi connectivity index (χ2n) is 10.9. The van der Waals surface area contributed by atoms with E-state index in [0.29, 0.717) is 48.6 Å². The summed E-state index contributed by atoms with van der Waals surface area (Å²) in [7, 11) is 0. The van der Waals surface area contributed by atoms with E-state index < -0.39 is 6.10 Å². The fourth-order valence-corrected chi connectivity index (χ4v) is 6.12. The van der Waals surface area contributed by atoms with Crippen molar-refractivity contribution in [3.63, 3.8) is 0 Å². The van der Waals surface area contributed by atoms with Crippen LogP contribution in [0.2, 0.25) is 0 Å². The van der Waals surface area contributed by atoms with Crippen LogP contribution in [0.4, 0.5) is 0 Å². The Bertz CT molecular complexity index is 899. The van der Waals surface area contributed by atoms with Crippen LogP contribution in [-0.4, -0.2) is 27.9 Å². The Hall–Kier alpha value is -2.20. The molecule has 4 unspecified atom stereocenters. The van der Waals surface area contributed by atoms with E-state index in [1.165, 1.54) is 5.57 Å². The van der Waals surface area contributed by atoms with Gasteiger partial charge in [0, 0.05) is 30.6 Å². The highest BCUT2D eigenvalue weighted by Crippen LogP contribution is 2.40. The number of aliphatic hydroxyl groups is 2. The molecule has 0 amide bonds. The number of carbonyl (C=O) groups is 2. The van der Waals surface area contributed by atoms with Crippen molar-refractivity contribution in [2.45, 2.75) is 77.2 Å². The van der Waals surface area contributed by atoms with Crippen molar-refractivity contribution in [2.75, 3.05) is 0 Å². The van der Waals surface area contributed by atoms with Gasteiger partial charge in [-0.15, -0.1) is 0 Å². The first-order valence-electron chi connectivity index (χ1n) is 13.2. The summed E-state index contributed by atoms with van der Waals surface area (Å²) in [6.07, 6.45) is 24.1. The number of fused-ring (bicyclic) bond motifs is 1. The second-order valence-corrected chi connectivity index (χ2v) is 10.9. The lowest BCUT2D eigenvalue weighted by Gasteiger charge is -2.34. The van der Waals surface area contributed by atoms with Gasteiger partial charge in [0.1, 0.15) is 11.6 Å². The minimum absolute atomic E-state index is 0.0134. The molecule has 2 N–H and O–H groups in total. The number of carbonyl (C=O) groups excluding carboxylic acids is 2. The van der Waals surface area contributed by atoms with Crippen LogP contribution >= 0.6 is 0 Å². The van der Waals surface area contributed by atoms with Crippen molar-refractivity contribution >= 4 is 11.6 Å². The van der Waals surface area contributed by atoms with Crippen LogP contribution in [-0.2, 0) is 9.59 Å². The molecule has 4 aliphatic rings. The molecule has 4 rings (SSSR count). The van der Waals surface area contributed by atoms with Gasteiger partial charge >= 0.3 is 0 Å². The maximum Gasteiger partial charge on any atom is 0.137 e. The van der Waals surface area contributed by atoms with Crippen LogP contribution in [0.15, 0.2) is 59.9 Å². The number of ketones is 2. The molecule has 0 spiro atoms. The van der Waals surface area contributed by atoms with Gasteiger partial charge in [0.15, 0.2) is 0 Å². The first-order chi connectivity index (χ1) is 16.4. The Labute approximate surface area is 204 Å². The molecule has 34 heavy (non-hydrogen) atoms. The smallest absolute Gasteiger partial charge is 0.137 e. The first kappa shape index (κ1) is 24.9. The van der Waals surface area contributed by atoms with E-state index in [0.717, 1.165) is 44.9 Å². The van der Waals surface area contributed by atoms with E-state index in [4.69, 9.17) is 0 Å². The van der Waals surface area contributed by atoms with Gasteiger partial charge in [-0.3, -0.25) is 9.59 Å². The third-order valence-electron chi connectivity index (χ3n) is 8.33. The maximum absolute atomic E-state index is 13.3. The summed E-state index contributed by atoms with van der Waals surface area (Å²) in [6.45, 7) is 1.58. The summed E-state index contributed by atoms with van der Waals surface area (Å²) < 4.78 is 0. The van der Waals surface area contributed by atoms with Crippen LogP contribution in [0.25, 0.3) is 0 Å². The van der Waals surface area contributed by atoms with E-state index in [9.17, 15) is 19.8 Å². The van der Waals surface area contributed by atoms with Gasteiger partial charge in [-0.1, -0.05) is 55.0 Å². The molecule has 0 bridgehead atoms. The molecule has 0 aromatic carbocycles. The molecule has 0 aliphatic heterocycles. The number of hydrogen-bond acceptors (Lipinski definition) is 4. The minimum atomic E-state index is -0.574. The average molecular weight is 465 g/mol. The molecule has 4 heteroatoms. The lowest BCUT2D eigenvalue weighted by molar-refractivity contribution is -0.125. The zero-order chi connectivity index (χ0) is 24.1. The van der Waals surface area contributed by atoms with Crippen molar-refractivity contribution < 1.29 is 19.8 Å². The van der Waals surface area contributed by atoms with Gasteiger partial charge in [-0.25, -0.2) is 0 Å². The van der Waals surface area contributed by atoms with E-state index in [2.05, 4.69) is 24.3 Å². The van der Waals surface area contributed by atoms with Gasteiger partial charge in [0.25, 0.3) is 0 Å².